The number of aliphatic carboxylic acids is 1. The summed E-state index contributed by atoms with van der Waals surface area (Å²) < 4.78 is 0. The molecular formula is C6H15NNa2O2. The van der Waals surface area contributed by atoms with Crippen molar-refractivity contribution in [3.05, 3.63) is 0 Å². The normalized spacial score (nSPS) is 11.3. The molecule has 0 rings (SSSR count). The second-order valence-corrected chi connectivity index (χ2v) is 2.57. The van der Waals surface area contributed by atoms with Crippen LogP contribution in [0.1, 0.15) is 20.3 Å². The fourth-order valence-electron chi connectivity index (χ4n) is 0.609. The summed E-state index contributed by atoms with van der Waals surface area (Å²) in [6.07, 6.45) is 0.551. The Morgan fingerprint density at radius 2 is 1.82 bits per heavy atom. The first-order chi connectivity index (χ1) is 4.04. The molecule has 0 saturated heterocycles. The topological polar surface area (TPSA) is 63.3 Å². The van der Waals surface area contributed by atoms with Crippen molar-refractivity contribution in [1.29, 1.82) is 0 Å². The van der Waals surface area contributed by atoms with Crippen molar-refractivity contribution in [2.45, 2.75) is 26.3 Å². The Bertz CT molecular complexity index is 109. The van der Waals surface area contributed by atoms with Crippen LogP contribution in [0.4, 0.5) is 0 Å². The minimum atomic E-state index is -0.913. The first-order valence-electron chi connectivity index (χ1n) is 3.02. The molecule has 0 aliphatic heterocycles. The second kappa shape index (κ2) is 9.52. The van der Waals surface area contributed by atoms with E-state index in [-0.39, 0.29) is 59.1 Å². The van der Waals surface area contributed by atoms with Gasteiger partial charge in [0.1, 0.15) is 6.04 Å². The van der Waals surface area contributed by atoms with E-state index in [1.165, 1.54) is 0 Å². The molecule has 11 heavy (non-hydrogen) atoms. The third-order valence-corrected chi connectivity index (χ3v) is 1.04. The molecule has 0 aromatic carbocycles. The van der Waals surface area contributed by atoms with E-state index >= 15 is 0 Å². The summed E-state index contributed by atoms with van der Waals surface area (Å²) in [5.74, 6) is -0.556. The van der Waals surface area contributed by atoms with Crippen LogP contribution in [-0.2, 0) is 4.79 Å². The van der Waals surface area contributed by atoms with Crippen molar-refractivity contribution in [3.63, 3.8) is 0 Å². The molecule has 0 amide bonds. The molecule has 0 aliphatic rings. The SMILES string of the molecule is CC(C)C[C@H](N)C(=O)O.[NaH].[NaH]. The summed E-state index contributed by atoms with van der Waals surface area (Å²) in [5, 5.41) is 8.31. The van der Waals surface area contributed by atoms with Gasteiger partial charge in [-0.15, -0.1) is 0 Å². The van der Waals surface area contributed by atoms with Gasteiger partial charge in [0.05, 0.1) is 0 Å². The van der Waals surface area contributed by atoms with Crippen molar-refractivity contribution < 1.29 is 9.90 Å². The molecule has 0 aromatic rings. The molecule has 0 aromatic heterocycles. The fraction of sp³-hybridized carbons (Fsp3) is 0.833. The van der Waals surface area contributed by atoms with Gasteiger partial charge in [-0.3, -0.25) is 4.79 Å². The maximum atomic E-state index is 10.1. The Morgan fingerprint density at radius 1 is 1.45 bits per heavy atom. The molecule has 0 fully saturated rings. The molecule has 0 spiro atoms. The molecule has 3 N–H and O–H groups in total. The number of carboxylic acid groups (broad SMARTS) is 1. The van der Waals surface area contributed by atoms with Crippen LogP contribution < -0.4 is 5.73 Å². The van der Waals surface area contributed by atoms with Crippen molar-refractivity contribution in [1.82, 2.24) is 0 Å². The molecule has 0 unspecified atom stereocenters. The molecule has 0 heterocycles. The van der Waals surface area contributed by atoms with E-state index in [2.05, 4.69) is 0 Å². The number of hydrogen-bond donors (Lipinski definition) is 2. The van der Waals surface area contributed by atoms with Crippen LogP contribution in [0.5, 0.6) is 0 Å². The number of carboxylic acids is 1. The van der Waals surface area contributed by atoms with Crippen LogP contribution in [-0.4, -0.2) is 76.2 Å². The second-order valence-electron chi connectivity index (χ2n) is 2.57. The van der Waals surface area contributed by atoms with Crippen molar-refractivity contribution in [2.75, 3.05) is 0 Å². The summed E-state index contributed by atoms with van der Waals surface area (Å²) in [6.45, 7) is 3.89. The Hall–Kier alpha value is 1.43. The molecule has 5 heteroatoms. The zero-order valence-corrected chi connectivity index (χ0v) is 5.79. The molecule has 1 atom stereocenters. The van der Waals surface area contributed by atoms with E-state index in [4.69, 9.17) is 10.8 Å². The number of hydrogen-bond acceptors (Lipinski definition) is 2. The summed E-state index contributed by atoms with van der Waals surface area (Å²) in [7, 11) is 0. The average molecular weight is 179 g/mol. The van der Waals surface area contributed by atoms with Crippen molar-refractivity contribution >= 4 is 65.1 Å². The predicted molar refractivity (Wildman–Crippen MR) is 49.4 cm³/mol. The summed E-state index contributed by atoms with van der Waals surface area (Å²) in [5.41, 5.74) is 5.22. The Labute approximate surface area is 112 Å². The maximum absolute atomic E-state index is 10.1. The van der Waals surface area contributed by atoms with E-state index in [9.17, 15) is 4.79 Å². The zero-order valence-electron chi connectivity index (χ0n) is 5.79. The van der Waals surface area contributed by atoms with Gasteiger partial charge < -0.3 is 10.8 Å². The predicted octanol–water partition coefficient (Wildman–Crippen LogP) is -0.853. The average Bonchev–Trinajstić information content (AvgIpc) is 1.63. The van der Waals surface area contributed by atoms with E-state index in [1.807, 2.05) is 13.8 Å². The van der Waals surface area contributed by atoms with Crippen LogP contribution in [0.3, 0.4) is 0 Å². The number of carbonyl (C=O) groups is 1. The molecule has 58 valence electrons. The van der Waals surface area contributed by atoms with Crippen LogP contribution in [0.2, 0.25) is 0 Å². The number of rotatable bonds is 3. The first-order valence-corrected chi connectivity index (χ1v) is 3.02. The van der Waals surface area contributed by atoms with Crippen LogP contribution in [0.25, 0.3) is 0 Å². The number of nitrogens with two attached hydrogens (primary N) is 1. The van der Waals surface area contributed by atoms with Gasteiger partial charge in [0, 0.05) is 0 Å². The van der Waals surface area contributed by atoms with Gasteiger partial charge >= 0.3 is 65.1 Å². The van der Waals surface area contributed by atoms with Crippen molar-refractivity contribution in [3.8, 4) is 0 Å². The standard InChI is InChI=1S/C6H13NO2.2Na.2H/c1-4(2)3-5(7)6(8)9;;;;/h4-5H,3,7H2,1-2H3,(H,8,9);;;;/t5-;;;;/m0..../s1. The Balaban J connectivity index is -0.000000320. The van der Waals surface area contributed by atoms with Crippen LogP contribution in [0.15, 0.2) is 0 Å². The molecule has 3 nitrogen and oxygen atoms in total. The van der Waals surface area contributed by atoms with E-state index in [0.717, 1.165) is 0 Å². The molecule has 0 aliphatic carbocycles. The van der Waals surface area contributed by atoms with Gasteiger partial charge in [-0.1, -0.05) is 13.8 Å². The zero-order chi connectivity index (χ0) is 7.44. The van der Waals surface area contributed by atoms with Gasteiger partial charge in [-0.2, -0.15) is 0 Å². The van der Waals surface area contributed by atoms with Crippen LogP contribution in [0, 0.1) is 5.92 Å². The van der Waals surface area contributed by atoms with Crippen molar-refractivity contribution in [2.24, 2.45) is 11.7 Å². The van der Waals surface area contributed by atoms with Gasteiger partial charge in [-0.05, 0) is 12.3 Å². The summed E-state index contributed by atoms with van der Waals surface area (Å²) in [4.78, 5) is 10.1. The first kappa shape index (κ1) is 18.3. The summed E-state index contributed by atoms with van der Waals surface area (Å²) >= 11 is 0. The molecule has 0 saturated carbocycles. The molecular weight excluding hydrogens is 164 g/mol. The van der Waals surface area contributed by atoms with E-state index in [1.54, 1.807) is 0 Å². The summed E-state index contributed by atoms with van der Waals surface area (Å²) in [6, 6.07) is -0.690. The van der Waals surface area contributed by atoms with Crippen LogP contribution >= 0.6 is 0 Å². The minimum absolute atomic E-state index is 0. The van der Waals surface area contributed by atoms with E-state index < -0.39 is 12.0 Å². The quantitative estimate of drug-likeness (QED) is 0.554. The monoisotopic (exact) mass is 179 g/mol. The third kappa shape index (κ3) is 11.4. The van der Waals surface area contributed by atoms with Gasteiger partial charge in [-0.25, -0.2) is 0 Å². The molecule has 0 bridgehead atoms. The van der Waals surface area contributed by atoms with Gasteiger partial charge in [0.15, 0.2) is 0 Å². The Morgan fingerprint density at radius 3 is 1.91 bits per heavy atom. The van der Waals surface area contributed by atoms with Gasteiger partial charge in [0.2, 0.25) is 0 Å². The Kier molecular flexibility index (Phi) is 15.8. The third-order valence-electron chi connectivity index (χ3n) is 1.04. The van der Waals surface area contributed by atoms with E-state index in [0.29, 0.717) is 12.3 Å². The fourth-order valence-corrected chi connectivity index (χ4v) is 0.609. The molecule has 0 radical (unpaired) electrons. The van der Waals surface area contributed by atoms with Gasteiger partial charge in [0.25, 0.3) is 0 Å².